The summed E-state index contributed by atoms with van der Waals surface area (Å²) in [7, 11) is 0. The number of thiazole rings is 2. The Balaban J connectivity index is 0.000000189. The van der Waals surface area contributed by atoms with Gasteiger partial charge in [-0.25, -0.2) is 18.7 Å². The third-order valence-corrected chi connectivity index (χ3v) is 11.9. The minimum Gasteiger partial charge on any atom is -0.394 e. The molecule has 0 aliphatic rings. The van der Waals surface area contributed by atoms with Gasteiger partial charge >= 0.3 is 0 Å². The number of anilines is 2. The monoisotopic (exact) mass is 888 g/mol. The molecule has 2 amide bonds. The van der Waals surface area contributed by atoms with Gasteiger partial charge in [-0.1, -0.05) is 53.0 Å². The highest BCUT2D eigenvalue weighted by Crippen LogP contribution is 2.30. The zero-order valence-electron chi connectivity index (χ0n) is 34.3. The van der Waals surface area contributed by atoms with Gasteiger partial charge in [0.1, 0.15) is 23.0 Å². The van der Waals surface area contributed by atoms with Crippen LogP contribution in [0.1, 0.15) is 48.5 Å². The number of nitrogens with zero attached hydrogens (tertiary/aromatic N) is 4. The number of fused-ring (bicyclic) bond motifs is 2. The van der Waals surface area contributed by atoms with Gasteiger partial charge in [-0.3, -0.25) is 30.2 Å². The fraction of sp³-hybridized carbons (Fsp3) is 0.191. The first-order valence-electron chi connectivity index (χ1n) is 19.7. The molecule has 6 N–H and O–H groups in total. The summed E-state index contributed by atoms with van der Waals surface area (Å²) in [5.74, 6) is -1.68. The molecule has 0 aliphatic carbocycles. The number of pyridine rings is 2. The summed E-state index contributed by atoms with van der Waals surface area (Å²) in [6.07, 6.45) is 1.25. The zero-order chi connectivity index (χ0) is 44.8. The smallest absolute Gasteiger partial charge is 0.257 e. The van der Waals surface area contributed by atoms with Crippen LogP contribution in [0.15, 0.2) is 103 Å². The van der Waals surface area contributed by atoms with E-state index in [0.717, 1.165) is 31.6 Å². The van der Waals surface area contributed by atoms with Crippen molar-refractivity contribution in [1.29, 1.82) is 0 Å². The summed E-state index contributed by atoms with van der Waals surface area (Å²) in [6, 6.07) is 25.5. The van der Waals surface area contributed by atoms with E-state index in [1.54, 1.807) is 48.5 Å². The number of hydrogen-bond donors (Lipinski definition) is 6. The Morgan fingerprint density at radius 1 is 0.603 bits per heavy atom. The van der Waals surface area contributed by atoms with E-state index >= 15 is 0 Å². The minimum atomic E-state index is -0.955. The fourth-order valence-electron chi connectivity index (χ4n) is 6.49. The molecule has 16 heteroatoms. The van der Waals surface area contributed by atoms with Crippen molar-refractivity contribution in [3.05, 3.63) is 154 Å². The van der Waals surface area contributed by atoms with Crippen LogP contribution in [0.4, 0.5) is 19.0 Å². The van der Waals surface area contributed by atoms with E-state index in [9.17, 15) is 28.6 Å². The van der Waals surface area contributed by atoms with Gasteiger partial charge in [-0.05, 0) is 109 Å². The summed E-state index contributed by atoms with van der Waals surface area (Å²) in [4.78, 5) is 42.4. The standard InChI is InChI=1S/C24H22FN3O3S.C23H20FN3O3S/c1-13-7-20-21(8-14(13)2)32-24(27-20)28-23(31)17-5-3-16(4-6-17)22-19(25)10-15(11-26-22)9-18(30)12-29;1-13-2-7-19-20(8-13)31-23(26-19)27-22(30)16-5-3-15(4-6-16)21-18(24)10-14(11-25-21)9-17(29)12-28/h3-8,10-11,18,29-30H,9,12H2,1-2H3,(H,27,28,31);2-8,10-11,17,28-29H,9,12H2,1H3,(H,26,27,30)/t18-;17-/m11/s1. The van der Waals surface area contributed by atoms with Gasteiger partial charge in [0.2, 0.25) is 0 Å². The van der Waals surface area contributed by atoms with Crippen molar-refractivity contribution < 1.29 is 38.8 Å². The lowest BCUT2D eigenvalue weighted by Crippen LogP contribution is -2.15. The quantitative estimate of drug-likeness (QED) is 0.0697. The number of aliphatic hydroxyl groups excluding tert-OH is 4. The Bertz CT molecular complexity index is 2890. The predicted molar refractivity (Wildman–Crippen MR) is 242 cm³/mol. The number of carbonyl (C=O) groups excluding carboxylic acids is 2. The van der Waals surface area contributed by atoms with Gasteiger partial charge in [0, 0.05) is 47.5 Å². The number of hydrogen-bond acceptors (Lipinski definition) is 12. The number of benzene rings is 4. The highest BCUT2D eigenvalue weighted by atomic mass is 32.1. The second-order valence-corrected chi connectivity index (χ2v) is 17.0. The predicted octanol–water partition coefficient (Wildman–Crippen LogP) is 8.22. The largest absolute Gasteiger partial charge is 0.394 e. The summed E-state index contributed by atoms with van der Waals surface area (Å²) >= 11 is 2.82. The van der Waals surface area contributed by atoms with E-state index in [1.807, 2.05) is 45.0 Å². The highest BCUT2D eigenvalue weighted by Gasteiger charge is 2.16. The second kappa shape index (κ2) is 19.8. The SMILES string of the molecule is Cc1cc2nc(NC(=O)c3ccc(-c4ncc(C[C@@H](O)CO)cc4F)cc3)sc2cc1C.Cc1ccc2nc(NC(=O)c3ccc(-c4ncc(C[C@@H](O)CO)cc4F)cc3)sc2c1. The summed E-state index contributed by atoms with van der Waals surface area (Å²) < 4.78 is 31.0. The van der Waals surface area contributed by atoms with Crippen molar-refractivity contribution in [1.82, 2.24) is 19.9 Å². The average molecular weight is 889 g/mol. The summed E-state index contributed by atoms with van der Waals surface area (Å²) in [5.41, 5.74) is 8.30. The molecule has 4 aromatic heterocycles. The molecule has 12 nitrogen and oxygen atoms in total. The highest BCUT2D eigenvalue weighted by molar-refractivity contribution is 7.22. The van der Waals surface area contributed by atoms with Gasteiger partial charge in [0.15, 0.2) is 10.3 Å². The van der Waals surface area contributed by atoms with Crippen molar-refractivity contribution in [3.8, 4) is 22.5 Å². The number of aryl methyl sites for hydroxylation is 3. The maximum atomic E-state index is 14.5. The molecule has 8 aromatic rings. The second-order valence-electron chi connectivity index (χ2n) is 14.9. The van der Waals surface area contributed by atoms with Crippen molar-refractivity contribution in [2.24, 2.45) is 0 Å². The van der Waals surface area contributed by atoms with E-state index in [0.29, 0.717) is 43.6 Å². The molecule has 0 unspecified atom stereocenters. The topological polar surface area (TPSA) is 191 Å². The first-order valence-corrected chi connectivity index (χ1v) is 21.4. The Kier molecular flexibility index (Phi) is 14.0. The fourth-order valence-corrected chi connectivity index (χ4v) is 8.39. The van der Waals surface area contributed by atoms with Crippen LogP contribution in [0.5, 0.6) is 0 Å². The van der Waals surface area contributed by atoms with Crippen LogP contribution < -0.4 is 10.6 Å². The third-order valence-electron chi connectivity index (χ3n) is 9.99. The molecule has 0 bridgehead atoms. The van der Waals surface area contributed by atoms with Crippen molar-refractivity contribution in [2.75, 3.05) is 23.8 Å². The first-order chi connectivity index (χ1) is 30.3. The normalized spacial score (nSPS) is 12.1. The van der Waals surface area contributed by atoms with E-state index in [4.69, 9.17) is 10.2 Å². The Labute approximate surface area is 368 Å². The lowest BCUT2D eigenvalue weighted by atomic mass is 10.1. The Morgan fingerprint density at radius 2 is 1.05 bits per heavy atom. The van der Waals surface area contributed by atoms with Gasteiger partial charge in [0.05, 0.1) is 45.9 Å². The molecule has 0 spiro atoms. The summed E-state index contributed by atoms with van der Waals surface area (Å²) in [5, 5.41) is 43.5. The molecule has 4 heterocycles. The third kappa shape index (κ3) is 11.0. The Hall–Kier alpha value is -6.40. The van der Waals surface area contributed by atoms with Gasteiger partial charge < -0.3 is 20.4 Å². The molecule has 4 aromatic carbocycles. The van der Waals surface area contributed by atoms with Crippen LogP contribution in [0.25, 0.3) is 42.9 Å². The molecule has 0 saturated heterocycles. The molecule has 0 fully saturated rings. The van der Waals surface area contributed by atoms with Crippen molar-refractivity contribution in [3.63, 3.8) is 0 Å². The number of halogens is 2. The molecule has 0 aliphatic heterocycles. The molecule has 63 heavy (non-hydrogen) atoms. The number of nitrogens with one attached hydrogen (secondary N) is 2. The number of rotatable bonds is 12. The zero-order valence-corrected chi connectivity index (χ0v) is 35.9. The maximum Gasteiger partial charge on any atom is 0.257 e. The van der Waals surface area contributed by atoms with E-state index in [2.05, 4.69) is 36.6 Å². The number of carbonyl (C=O) groups is 2. The summed E-state index contributed by atoms with van der Waals surface area (Å²) in [6.45, 7) is 5.27. The van der Waals surface area contributed by atoms with Crippen LogP contribution in [-0.2, 0) is 12.8 Å². The Morgan fingerprint density at radius 3 is 1.51 bits per heavy atom. The van der Waals surface area contributed by atoms with E-state index in [1.165, 1.54) is 52.8 Å². The van der Waals surface area contributed by atoms with Crippen molar-refractivity contribution in [2.45, 2.75) is 45.8 Å². The average Bonchev–Trinajstić information content (AvgIpc) is 3.85. The lowest BCUT2D eigenvalue weighted by molar-refractivity contribution is 0.0953. The van der Waals surface area contributed by atoms with Gasteiger partial charge in [-0.15, -0.1) is 0 Å². The first kappa shape index (κ1) is 44.6. The van der Waals surface area contributed by atoms with Crippen LogP contribution in [-0.4, -0.2) is 77.6 Å². The lowest BCUT2D eigenvalue weighted by Gasteiger charge is -2.09. The van der Waals surface area contributed by atoms with E-state index < -0.39 is 37.1 Å². The molecule has 0 saturated carbocycles. The molecule has 8 rings (SSSR count). The van der Waals surface area contributed by atoms with Crippen LogP contribution in [0.3, 0.4) is 0 Å². The molecular weight excluding hydrogens is 847 g/mol. The van der Waals surface area contributed by atoms with Crippen LogP contribution in [0.2, 0.25) is 0 Å². The number of amides is 2. The van der Waals surface area contributed by atoms with Crippen molar-refractivity contribution >= 4 is 65.2 Å². The van der Waals surface area contributed by atoms with Crippen LogP contribution >= 0.6 is 22.7 Å². The van der Waals surface area contributed by atoms with Gasteiger partial charge in [0.25, 0.3) is 11.8 Å². The molecule has 2 atom stereocenters. The molecule has 322 valence electrons. The van der Waals surface area contributed by atoms with E-state index in [-0.39, 0.29) is 36.0 Å². The molecular formula is C47H42F2N6O6S2. The molecule has 0 radical (unpaired) electrons. The van der Waals surface area contributed by atoms with Gasteiger partial charge in [-0.2, -0.15) is 0 Å². The number of aliphatic hydroxyl groups is 4. The number of aromatic nitrogens is 4. The maximum absolute atomic E-state index is 14.5. The minimum absolute atomic E-state index is 0.116. The van der Waals surface area contributed by atoms with Crippen LogP contribution in [0, 0.1) is 32.4 Å².